The van der Waals surface area contributed by atoms with E-state index in [0.29, 0.717) is 11.5 Å². The molecule has 1 atom stereocenters. The van der Waals surface area contributed by atoms with Gasteiger partial charge in [0.2, 0.25) is 0 Å². The Bertz CT molecular complexity index is 873. The summed E-state index contributed by atoms with van der Waals surface area (Å²) in [5.74, 6) is 1.31. The third-order valence-corrected chi connectivity index (χ3v) is 4.88. The summed E-state index contributed by atoms with van der Waals surface area (Å²) in [5, 5.41) is 6.04. The number of rotatable bonds is 3. The molecule has 2 aromatic rings. The molecule has 1 aliphatic carbocycles. The van der Waals surface area contributed by atoms with Gasteiger partial charge in [0.15, 0.2) is 11.5 Å². The fourth-order valence-corrected chi connectivity index (χ4v) is 3.76. The van der Waals surface area contributed by atoms with Gasteiger partial charge in [0, 0.05) is 11.1 Å². The number of fused-ring (bicyclic) bond motifs is 2. The molecule has 0 fully saturated rings. The van der Waals surface area contributed by atoms with Crippen LogP contribution in [0.15, 0.2) is 48.0 Å². The molecular formula is C20H20N2O3. The number of hydrogen-bond donors (Lipinski definition) is 2. The van der Waals surface area contributed by atoms with E-state index in [2.05, 4.69) is 22.8 Å². The highest BCUT2D eigenvalue weighted by molar-refractivity contribution is 5.91. The molecule has 0 spiro atoms. The van der Waals surface area contributed by atoms with Gasteiger partial charge in [0.25, 0.3) is 0 Å². The van der Waals surface area contributed by atoms with Crippen LogP contribution in [-0.4, -0.2) is 20.3 Å². The summed E-state index contributed by atoms with van der Waals surface area (Å²) in [6.07, 6.45) is 1.83. The van der Waals surface area contributed by atoms with Crippen LogP contribution in [0.3, 0.4) is 0 Å². The summed E-state index contributed by atoms with van der Waals surface area (Å²) in [6, 6.07) is 13.5. The maximum Gasteiger partial charge on any atom is 0.320 e. The zero-order valence-electron chi connectivity index (χ0n) is 14.3. The van der Waals surface area contributed by atoms with Crippen molar-refractivity contribution in [1.29, 1.82) is 0 Å². The van der Waals surface area contributed by atoms with E-state index >= 15 is 0 Å². The van der Waals surface area contributed by atoms with Crippen molar-refractivity contribution in [1.82, 2.24) is 10.6 Å². The summed E-state index contributed by atoms with van der Waals surface area (Å²) in [5.41, 5.74) is 5.36. The average Bonchev–Trinajstić information content (AvgIpc) is 2.66. The monoisotopic (exact) mass is 336 g/mol. The maximum absolute atomic E-state index is 12.3. The van der Waals surface area contributed by atoms with Crippen LogP contribution in [0, 0.1) is 0 Å². The minimum Gasteiger partial charge on any atom is -0.493 e. The van der Waals surface area contributed by atoms with E-state index in [1.165, 1.54) is 11.1 Å². The highest BCUT2D eigenvalue weighted by Gasteiger charge is 2.33. The van der Waals surface area contributed by atoms with Crippen LogP contribution in [0.25, 0.3) is 5.70 Å². The minimum absolute atomic E-state index is 0.203. The summed E-state index contributed by atoms with van der Waals surface area (Å²) >= 11 is 0. The molecular weight excluding hydrogens is 316 g/mol. The number of para-hydroxylation sites is 1. The quantitative estimate of drug-likeness (QED) is 0.903. The Kier molecular flexibility index (Phi) is 3.84. The second-order valence-electron chi connectivity index (χ2n) is 6.17. The van der Waals surface area contributed by atoms with Crippen LogP contribution in [-0.2, 0) is 6.42 Å². The van der Waals surface area contributed by atoms with E-state index in [0.717, 1.165) is 29.7 Å². The highest BCUT2D eigenvalue weighted by atomic mass is 16.5. The van der Waals surface area contributed by atoms with Crippen molar-refractivity contribution in [3.05, 3.63) is 64.7 Å². The number of urea groups is 1. The van der Waals surface area contributed by atoms with Crippen LogP contribution in [0.1, 0.15) is 29.2 Å². The number of methoxy groups -OCH3 is 2. The predicted octanol–water partition coefficient (Wildman–Crippen LogP) is 3.42. The first-order valence-electron chi connectivity index (χ1n) is 8.32. The lowest BCUT2D eigenvalue weighted by Gasteiger charge is -2.35. The normalized spacial score (nSPS) is 18.6. The zero-order valence-corrected chi connectivity index (χ0v) is 14.3. The number of aryl methyl sites for hydroxylation is 1. The van der Waals surface area contributed by atoms with Crippen LogP contribution in [0.5, 0.6) is 11.5 Å². The molecule has 5 nitrogen and oxygen atoms in total. The van der Waals surface area contributed by atoms with Gasteiger partial charge in [-0.3, -0.25) is 0 Å². The average molecular weight is 336 g/mol. The first-order valence-corrected chi connectivity index (χ1v) is 8.32. The molecule has 5 heteroatoms. The van der Waals surface area contributed by atoms with Gasteiger partial charge in [-0.2, -0.15) is 0 Å². The molecule has 1 heterocycles. The lowest BCUT2D eigenvalue weighted by molar-refractivity contribution is 0.240. The van der Waals surface area contributed by atoms with Gasteiger partial charge in [-0.05, 0) is 30.0 Å². The number of nitrogens with one attached hydrogen (secondary N) is 2. The second kappa shape index (κ2) is 6.16. The van der Waals surface area contributed by atoms with Crippen molar-refractivity contribution in [2.24, 2.45) is 0 Å². The fourth-order valence-electron chi connectivity index (χ4n) is 3.76. The van der Waals surface area contributed by atoms with E-state index in [1.54, 1.807) is 14.2 Å². The second-order valence-corrected chi connectivity index (χ2v) is 6.17. The van der Waals surface area contributed by atoms with Gasteiger partial charge in [0.05, 0.1) is 26.0 Å². The largest absolute Gasteiger partial charge is 0.493 e. The van der Waals surface area contributed by atoms with Gasteiger partial charge < -0.3 is 20.1 Å². The fraction of sp³-hybridized carbons (Fsp3) is 0.250. The topological polar surface area (TPSA) is 59.6 Å². The van der Waals surface area contributed by atoms with E-state index in [4.69, 9.17) is 9.47 Å². The molecule has 0 radical (unpaired) electrons. The van der Waals surface area contributed by atoms with E-state index in [9.17, 15) is 4.79 Å². The first-order chi connectivity index (χ1) is 12.2. The lowest BCUT2D eigenvalue weighted by Crippen LogP contribution is -2.44. The van der Waals surface area contributed by atoms with Crippen molar-refractivity contribution in [2.45, 2.75) is 18.9 Å². The molecule has 1 aliphatic heterocycles. The molecule has 1 unspecified atom stereocenters. The Morgan fingerprint density at radius 3 is 2.64 bits per heavy atom. The number of amides is 2. The third-order valence-electron chi connectivity index (χ3n) is 4.88. The van der Waals surface area contributed by atoms with Crippen molar-refractivity contribution in [3.8, 4) is 11.5 Å². The number of carbonyl (C=O) groups is 1. The lowest BCUT2D eigenvalue weighted by atomic mass is 9.82. The summed E-state index contributed by atoms with van der Waals surface area (Å²) in [6.45, 7) is 0. The van der Waals surface area contributed by atoms with Crippen LogP contribution < -0.4 is 20.1 Å². The van der Waals surface area contributed by atoms with Gasteiger partial charge in [-0.25, -0.2) is 4.79 Å². The smallest absolute Gasteiger partial charge is 0.320 e. The molecule has 128 valence electrons. The van der Waals surface area contributed by atoms with Gasteiger partial charge in [0.1, 0.15) is 0 Å². The molecule has 25 heavy (non-hydrogen) atoms. The molecule has 0 aromatic heterocycles. The highest BCUT2D eigenvalue weighted by Crippen LogP contribution is 2.43. The Balaban J connectivity index is 1.88. The summed E-state index contributed by atoms with van der Waals surface area (Å²) < 4.78 is 11.0. The van der Waals surface area contributed by atoms with E-state index in [1.807, 2.05) is 30.3 Å². The molecule has 0 saturated heterocycles. The van der Waals surface area contributed by atoms with Gasteiger partial charge in [-0.15, -0.1) is 0 Å². The molecule has 2 amide bonds. The Labute approximate surface area is 146 Å². The molecule has 0 bridgehead atoms. The zero-order chi connectivity index (χ0) is 17.4. The molecule has 0 saturated carbocycles. The number of benzene rings is 2. The molecule has 2 aliphatic rings. The van der Waals surface area contributed by atoms with Gasteiger partial charge in [-0.1, -0.05) is 36.4 Å². The summed E-state index contributed by atoms with van der Waals surface area (Å²) in [4.78, 5) is 12.3. The van der Waals surface area contributed by atoms with E-state index < -0.39 is 0 Å². The Morgan fingerprint density at radius 1 is 1.00 bits per heavy atom. The van der Waals surface area contributed by atoms with Crippen LogP contribution in [0.4, 0.5) is 4.79 Å². The number of hydrogen-bond acceptors (Lipinski definition) is 3. The van der Waals surface area contributed by atoms with Crippen molar-refractivity contribution >= 4 is 11.7 Å². The first kappa shape index (κ1) is 15.6. The molecule has 2 N–H and O–H groups in total. The standard InChI is InChI=1S/C20H20N2O3/c1-24-16-9-5-8-15(19(16)25-2)18-14-11-10-12-6-3-4-7-13(12)17(14)21-20(23)22-18/h3-9,18H,10-11H2,1-2H3,(H2,21,22,23). The third kappa shape index (κ3) is 2.52. The molecule has 2 aromatic carbocycles. The number of ether oxygens (including phenoxy) is 2. The van der Waals surface area contributed by atoms with Crippen LogP contribution in [0.2, 0.25) is 0 Å². The van der Waals surface area contributed by atoms with Gasteiger partial charge >= 0.3 is 6.03 Å². The van der Waals surface area contributed by atoms with Crippen LogP contribution >= 0.6 is 0 Å². The Hall–Kier alpha value is -2.95. The Morgan fingerprint density at radius 2 is 1.84 bits per heavy atom. The maximum atomic E-state index is 12.3. The summed E-state index contributed by atoms with van der Waals surface area (Å²) in [7, 11) is 3.24. The van der Waals surface area contributed by atoms with Crippen molar-refractivity contribution < 1.29 is 14.3 Å². The SMILES string of the molecule is COc1cccc(C2NC(=O)NC3=C2CCc2ccccc23)c1OC. The molecule has 4 rings (SSSR count). The minimum atomic E-state index is -0.234. The van der Waals surface area contributed by atoms with E-state index in [-0.39, 0.29) is 12.1 Å². The van der Waals surface area contributed by atoms with Crippen molar-refractivity contribution in [2.75, 3.05) is 14.2 Å². The predicted molar refractivity (Wildman–Crippen MR) is 95.6 cm³/mol. The number of carbonyl (C=O) groups excluding carboxylic acids is 1. The van der Waals surface area contributed by atoms with Crippen molar-refractivity contribution in [3.63, 3.8) is 0 Å².